The van der Waals surface area contributed by atoms with Crippen LogP contribution in [0.1, 0.15) is 53.0 Å². The average Bonchev–Trinajstić information content (AvgIpc) is 3.51. The number of aromatic nitrogens is 2. The van der Waals surface area contributed by atoms with E-state index < -0.39 is 35.4 Å². The highest BCUT2D eigenvalue weighted by Gasteiger charge is 2.53. The van der Waals surface area contributed by atoms with Crippen LogP contribution in [0.15, 0.2) is 60.7 Å². The number of anilines is 2. The van der Waals surface area contributed by atoms with E-state index >= 15 is 0 Å². The van der Waals surface area contributed by atoms with Gasteiger partial charge >= 0.3 is 0 Å². The second kappa shape index (κ2) is 9.46. The van der Waals surface area contributed by atoms with Gasteiger partial charge in [-0.25, -0.2) is 8.78 Å². The van der Waals surface area contributed by atoms with Crippen molar-refractivity contribution < 1.29 is 23.2 Å². The number of carbonyl (C=O) groups excluding carboxylic acids is 3. The number of hydrogen-bond acceptors (Lipinski definition) is 6. The Morgan fingerprint density at radius 3 is 2.14 bits per heavy atom. The molecule has 0 spiro atoms. The van der Waals surface area contributed by atoms with Gasteiger partial charge in [0.2, 0.25) is 5.78 Å². The number of halogens is 2. The molecule has 2 aromatic carbocycles. The lowest BCUT2D eigenvalue weighted by atomic mass is 9.86. The number of aryl methyl sites for hydroxylation is 1. The van der Waals surface area contributed by atoms with Crippen LogP contribution in [0.5, 0.6) is 0 Å². The van der Waals surface area contributed by atoms with Gasteiger partial charge in [0.25, 0.3) is 11.8 Å². The summed E-state index contributed by atoms with van der Waals surface area (Å²) in [5.41, 5.74) is 2.06. The van der Waals surface area contributed by atoms with Crippen molar-refractivity contribution in [2.24, 2.45) is 5.92 Å². The van der Waals surface area contributed by atoms with Gasteiger partial charge in [-0.2, -0.15) is 5.10 Å². The molecular formula is C28H26F2N4O3. The molecule has 0 saturated carbocycles. The molecule has 0 N–H and O–H groups in total. The summed E-state index contributed by atoms with van der Waals surface area (Å²) in [5, 5.41) is 8.06. The molecule has 190 valence electrons. The van der Waals surface area contributed by atoms with Crippen molar-refractivity contribution in [1.82, 2.24) is 10.2 Å². The van der Waals surface area contributed by atoms with Crippen molar-refractivity contribution >= 4 is 29.0 Å². The molecule has 2 fully saturated rings. The number of Topliss-reactive ketones (excluding diaryl/α,β-unsaturated/α-hetero) is 2. The minimum atomic E-state index is -3.06. The molecule has 0 aliphatic carbocycles. The third-order valence-electron chi connectivity index (χ3n) is 7.00. The summed E-state index contributed by atoms with van der Waals surface area (Å²) in [5.74, 6) is -6.58. The predicted molar refractivity (Wildman–Crippen MR) is 134 cm³/mol. The Labute approximate surface area is 213 Å². The Balaban J connectivity index is 1.55. The first-order chi connectivity index (χ1) is 17.6. The van der Waals surface area contributed by atoms with Gasteiger partial charge in [-0.05, 0) is 61.7 Å². The molecule has 7 nitrogen and oxygen atoms in total. The second-order valence-corrected chi connectivity index (χ2v) is 9.61. The Bertz CT molecular complexity index is 1330. The normalized spacial score (nSPS) is 20.1. The number of benzene rings is 2. The van der Waals surface area contributed by atoms with Crippen molar-refractivity contribution in [2.75, 3.05) is 22.9 Å². The van der Waals surface area contributed by atoms with Crippen LogP contribution in [0.2, 0.25) is 0 Å². The zero-order valence-corrected chi connectivity index (χ0v) is 20.5. The summed E-state index contributed by atoms with van der Waals surface area (Å²) < 4.78 is 27.7. The highest BCUT2D eigenvalue weighted by molar-refractivity contribution is 6.48. The standard InChI is InChI=1S/C28H26F2N4O3/c1-17-5-14-22(32-31-17)34-24(18-6-10-20(11-7-18)28(2,29)30)23(26(36)27(34)37)25(35)19-8-12-21(13-9-19)33-15-3-4-16-33/h5-14,23-24H,3-4,15-16H2,1-2H3. The molecule has 5 rings (SSSR count). The molecule has 9 heteroatoms. The third kappa shape index (κ3) is 4.61. The van der Waals surface area contributed by atoms with Crippen LogP contribution in [0.4, 0.5) is 20.3 Å². The molecule has 37 heavy (non-hydrogen) atoms. The van der Waals surface area contributed by atoms with Gasteiger partial charge in [0.05, 0.1) is 11.7 Å². The Kier molecular flexibility index (Phi) is 6.31. The molecule has 2 unspecified atom stereocenters. The monoisotopic (exact) mass is 504 g/mol. The van der Waals surface area contributed by atoms with Gasteiger partial charge in [-0.3, -0.25) is 19.3 Å². The van der Waals surface area contributed by atoms with E-state index in [1.165, 1.54) is 24.3 Å². The fourth-order valence-corrected chi connectivity index (χ4v) is 5.01. The van der Waals surface area contributed by atoms with Gasteiger partial charge in [0.1, 0.15) is 5.92 Å². The molecular weight excluding hydrogens is 478 g/mol. The van der Waals surface area contributed by atoms with Crippen LogP contribution in [-0.2, 0) is 15.5 Å². The van der Waals surface area contributed by atoms with Crippen LogP contribution in [0.3, 0.4) is 0 Å². The van der Waals surface area contributed by atoms with Crippen molar-refractivity contribution in [3.8, 4) is 0 Å². The van der Waals surface area contributed by atoms with Gasteiger partial charge in [-0.15, -0.1) is 5.10 Å². The number of nitrogens with zero attached hydrogens (tertiary/aromatic N) is 4. The number of rotatable bonds is 6. The van der Waals surface area contributed by atoms with E-state index in [2.05, 4.69) is 15.1 Å². The summed E-state index contributed by atoms with van der Waals surface area (Å²) >= 11 is 0. The van der Waals surface area contributed by atoms with Crippen LogP contribution in [0.25, 0.3) is 0 Å². The summed E-state index contributed by atoms with van der Waals surface area (Å²) in [6.07, 6.45) is 2.23. The lowest BCUT2D eigenvalue weighted by molar-refractivity contribution is -0.135. The maximum atomic E-state index is 13.8. The second-order valence-electron chi connectivity index (χ2n) is 9.61. The minimum absolute atomic E-state index is 0.110. The topological polar surface area (TPSA) is 83.5 Å². The molecule has 1 aromatic heterocycles. The van der Waals surface area contributed by atoms with E-state index in [0.29, 0.717) is 16.8 Å². The van der Waals surface area contributed by atoms with Gasteiger partial charge in [-0.1, -0.05) is 24.3 Å². The third-order valence-corrected chi connectivity index (χ3v) is 7.00. The van der Waals surface area contributed by atoms with E-state index in [1.54, 1.807) is 31.2 Å². The lowest BCUT2D eigenvalue weighted by Gasteiger charge is -2.26. The zero-order chi connectivity index (χ0) is 26.3. The number of ketones is 2. The van der Waals surface area contributed by atoms with Gasteiger partial charge in [0.15, 0.2) is 11.6 Å². The Morgan fingerprint density at radius 2 is 1.57 bits per heavy atom. The Morgan fingerprint density at radius 1 is 0.919 bits per heavy atom. The fourth-order valence-electron chi connectivity index (χ4n) is 5.01. The highest BCUT2D eigenvalue weighted by atomic mass is 19.3. The number of amides is 1. The maximum Gasteiger partial charge on any atom is 0.297 e. The van der Waals surface area contributed by atoms with Crippen LogP contribution in [-0.4, -0.2) is 40.8 Å². The first kappa shape index (κ1) is 24.7. The Hall–Kier alpha value is -4.01. The molecule has 2 atom stereocenters. The quantitative estimate of drug-likeness (QED) is 0.276. The van der Waals surface area contributed by atoms with E-state index in [-0.39, 0.29) is 11.4 Å². The number of alkyl halides is 2. The largest absolute Gasteiger partial charge is 0.372 e. The molecule has 2 aliphatic rings. The van der Waals surface area contributed by atoms with Gasteiger partial charge < -0.3 is 4.90 Å². The van der Waals surface area contributed by atoms with Crippen molar-refractivity contribution in [3.63, 3.8) is 0 Å². The van der Waals surface area contributed by atoms with Gasteiger partial charge in [0, 0.05) is 36.8 Å². The smallest absolute Gasteiger partial charge is 0.297 e. The summed E-state index contributed by atoms with van der Waals surface area (Å²) in [6, 6.07) is 14.5. The highest BCUT2D eigenvalue weighted by Crippen LogP contribution is 2.41. The predicted octanol–water partition coefficient (Wildman–Crippen LogP) is 4.65. The summed E-state index contributed by atoms with van der Waals surface area (Å²) in [4.78, 5) is 43.6. The summed E-state index contributed by atoms with van der Waals surface area (Å²) in [6.45, 7) is 4.42. The van der Waals surface area contributed by atoms with Crippen LogP contribution in [0, 0.1) is 12.8 Å². The molecule has 3 aromatic rings. The fraction of sp³-hybridized carbons (Fsp3) is 0.321. The van der Waals surface area contributed by atoms with E-state index in [9.17, 15) is 23.2 Å². The maximum absolute atomic E-state index is 13.8. The molecule has 0 radical (unpaired) electrons. The first-order valence-electron chi connectivity index (χ1n) is 12.2. The average molecular weight is 505 g/mol. The van der Waals surface area contributed by atoms with E-state index in [0.717, 1.165) is 43.4 Å². The molecule has 2 saturated heterocycles. The molecule has 3 heterocycles. The van der Waals surface area contributed by atoms with Crippen molar-refractivity contribution in [2.45, 2.75) is 38.7 Å². The minimum Gasteiger partial charge on any atom is -0.372 e. The van der Waals surface area contributed by atoms with Crippen LogP contribution < -0.4 is 9.80 Å². The summed E-state index contributed by atoms with van der Waals surface area (Å²) in [7, 11) is 0. The van der Waals surface area contributed by atoms with E-state index in [1.807, 2.05) is 12.1 Å². The molecule has 0 bridgehead atoms. The van der Waals surface area contributed by atoms with Crippen molar-refractivity contribution in [3.05, 3.63) is 83.0 Å². The van der Waals surface area contributed by atoms with E-state index in [4.69, 9.17) is 0 Å². The number of hydrogen-bond donors (Lipinski definition) is 0. The molecule has 1 amide bonds. The zero-order valence-electron chi connectivity index (χ0n) is 20.5. The number of carbonyl (C=O) groups is 3. The first-order valence-corrected chi connectivity index (χ1v) is 12.2. The lowest BCUT2D eigenvalue weighted by Crippen LogP contribution is -2.31. The SMILES string of the molecule is Cc1ccc(N2C(=O)C(=O)C(C(=O)c3ccc(N4CCCC4)cc3)C2c2ccc(C(C)(F)F)cc2)nn1. The molecule has 2 aliphatic heterocycles. The van der Waals surface area contributed by atoms with Crippen molar-refractivity contribution in [1.29, 1.82) is 0 Å². The van der Waals surface area contributed by atoms with Crippen LogP contribution >= 0.6 is 0 Å².